The first-order chi connectivity index (χ1) is 23.8. The molecule has 0 bridgehead atoms. The Hall–Kier alpha value is -6.03. The third kappa shape index (κ3) is 5.02. The van der Waals surface area contributed by atoms with E-state index in [2.05, 4.69) is 175 Å². The highest BCUT2D eigenvalue weighted by Gasteiger charge is 2.21. The lowest BCUT2D eigenvalue weighted by Gasteiger charge is -2.29. The molecule has 2 heterocycles. The average Bonchev–Trinajstić information content (AvgIpc) is 3.53. The van der Waals surface area contributed by atoms with Crippen molar-refractivity contribution in [2.75, 3.05) is 4.90 Å². The number of thiophene rings is 1. The molecule has 2 nitrogen and oxygen atoms in total. The second-order valence-corrected chi connectivity index (χ2v) is 13.1. The molecule has 9 aromatic rings. The fourth-order valence-corrected chi connectivity index (χ4v) is 7.94. The third-order valence-corrected chi connectivity index (χ3v) is 10.2. The minimum Gasteiger partial charge on any atom is -0.309 e. The van der Waals surface area contributed by atoms with Gasteiger partial charge in [0.05, 0.1) is 16.9 Å². The molecule has 0 saturated heterocycles. The molecule has 2 aromatic heterocycles. The molecule has 0 fully saturated rings. The van der Waals surface area contributed by atoms with E-state index in [0.717, 1.165) is 28.0 Å². The molecule has 0 saturated carbocycles. The number of nitrogens with zero attached hydrogens (tertiary/aromatic N) is 2. The number of fused-ring (bicyclic) bond motifs is 4. The molecule has 9 rings (SSSR count). The van der Waals surface area contributed by atoms with Crippen molar-refractivity contribution in [2.24, 2.45) is 0 Å². The lowest BCUT2D eigenvalue weighted by molar-refractivity contribution is 1.30. The molecule has 0 N–H and O–H groups in total. The number of para-hydroxylation sites is 1. The van der Waals surface area contributed by atoms with Crippen LogP contribution in [-0.4, -0.2) is 4.98 Å². The van der Waals surface area contributed by atoms with E-state index in [9.17, 15) is 0 Å². The van der Waals surface area contributed by atoms with Crippen LogP contribution in [0.25, 0.3) is 64.5 Å². The zero-order valence-electron chi connectivity index (χ0n) is 26.1. The van der Waals surface area contributed by atoms with Gasteiger partial charge in [0.15, 0.2) is 0 Å². The number of anilines is 3. The SMILES string of the molecule is c1ccc(-c2ccc(-c3ccc(N(c4ccccc4-c4ccccc4)c4cccc5sc6cc7cccnc7cc6c45)cc3)cc2)cc1. The van der Waals surface area contributed by atoms with Crippen LogP contribution in [0.2, 0.25) is 0 Å². The fraction of sp³-hybridized carbons (Fsp3) is 0. The van der Waals surface area contributed by atoms with Crippen molar-refractivity contribution in [1.29, 1.82) is 0 Å². The molecule has 0 atom stereocenters. The number of pyridine rings is 1. The van der Waals surface area contributed by atoms with Crippen molar-refractivity contribution in [2.45, 2.75) is 0 Å². The molecule has 0 aliphatic rings. The Morgan fingerprint density at radius 2 is 1.04 bits per heavy atom. The van der Waals surface area contributed by atoms with Gasteiger partial charge >= 0.3 is 0 Å². The molecule has 0 spiro atoms. The highest BCUT2D eigenvalue weighted by atomic mass is 32.1. The van der Waals surface area contributed by atoms with Crippen LogP contribution in [0.1, 0.15) is 0 Å². The molecule has 226 valence electrons. The maximum atomic E-state index is 4.71. The van der Waals surface area contributed by atoms with Crippen molar-refractivity contribution in [1.82, 2.24) is 4.98 Å². The maximum absolute atomic E-state index is 4.71. The fourth-order valence-electron chi connectivity index (χ4n) is 6.79. The van der Waals surface area contributed by atoms with Gasteiger partial charge in [-0.05, 0) is 76.3 Å². The smallest absolute Gasteiger partial charge is 0.0709 e. The summed E-state index contributed by atoms with van der Waals surface area (Å²) in [7, 11) is 0. The van der Waals surface area contributed by atoms with Gasteiger partial charge in [-0.25, -0.2) is 0 Å². The summed E-state index contributed by atoms with van der Waals surface area (Å²) in [6.07, 6.45) is 1.88. The molecule has 0 aliphatic heterocycles. The normalized spacial score (nSPS) is 11.3. The first kappa shape index (κ1) is 28.2. The zero-order valence-corrected chi connectivity index (χ0v) is 26.9. The van der Waals surface area contributed by atoms with E-state index < -0.39 is 0 Å². The summed E-state index contributed by atoms with van der Waals surface area (Å²) in [5.74, 6) is 0. The number of hydrogen-bond donors (Lipinski definition) is 0. The van der Waals surface area contributed by atoms with Gasteiger partial charge in [-0.1, -0.05) is 127 Å². The van der Waals surface area contributed by atoms with Crippen molar-refractivity contribution in [3.05, 3.63) is 182 Å². The van der Waals surface area contributed by atoms with E-state index in [0.29, 0.717) is 0 Å². The summed E-state index contributed by atoms with van der Waals surface area (Å²) < 4.78 is 2.53. The highest BCUT2D eigenvalue weighted by molar-refractivity contribution is 7.26. The van der Waals surface area contributed by atoms with E-state index in [1.165, 1.54) is 53.6 Å². The summed E-state index contributed by atoms with van der Waals surface area (Å²) >= 11 is 1.84. The van der Waals surface area contributed by atoms with Crippen LogP contribution in [0, 0.1) is 0 Å². The van der Waals surface area contributed by atoms with Gasteiger partial charge in [0.25, 0.3) is 0 Å². The number of rotatable bonds is 6. The Morgan fingerprint density at radius 3 is 1.77 bits per heavy atom. The van der Waals surface area contributed by atoms with Crippen LogP contribution >= 0.6 is 11.3 Å². The average molecular weight is 631 g/mol. The molecule has 0 radical (unpaired) electrons. The first-order valence-corrected chi connectivity index (χ1v) is 17.0. The van der Waals surface area contributed by atoms with Gasteiger partial charge in [0, 0.05) is 43.0 Å². The Balaban J connectivity index is 1.22. The Morgan fingerprint density at radius 1 is 0.438 bits per heavy atom. The van der Waals surface area contributed by atoms with Crippen LogP contribution in [0.4, 0.5) is 17.1 Å². The van der Waals surface area contributed by atoms with E-state index in [1.807, 2.05) is 23.6 Å². The van der Waals surface area contributed by atoms with Crippen LogP contribution in [0.15, 0.2) is 182 Å². The molecule has 7 aromatic carbocycles. The molecular weight excluding hydrogens is 601 g/mol. The Bertz CT molecular complexity index is 2540. The van der Waals surface area contributed by atoms with Gasteiger partial charge in [0.1, 0.15) is 0 Å². The lowest BCUT2D eigenvalue weighted by Crippen LogP contribution is -2.11. The predicted octanol–water partition coefficient (Wildman–Crippen LogP) is 13.1. The van der Waals surface area contributed by atoms with Crippen molar-refractivity contribution < 1.29 is 0 Å². The third-order valence-electron chi connectivity index (χ3n) is 9.12. The molecule has 0 amide bonds. The summed E-state index contributed by atoms with van der Waals surface area (Å²) in [5.41, 5.74) is 11.6. The highest BCUT2D eigenvalue weighted by Crippen LogP contribution is 2.47. The summed E-state index contributed by atoms with van der Waals surface area (Å²) in [5, 5.41) is 3.64. The van der Waals surface area contributed by atoms with Gasteiger partial charge in [-0.2, -0.15) is 0 Å². The predicted molar refractivity (Wildman–Crippen MR) is 206 cm³/mol. The summed E-state index contributed by atoms with van der Waals surface area (Å²) in [4.78, 5) is 7.15. The molecule has 3 heteroatoms. The van der Waals surface area contributed by atoms with Crippen molar-refractivity contribution >= 4 is 59.5 Å². The quantitative estimate of drug-likeness (QED) is 0.182. The Labute approximate surface area is 283 Å². The summed E-state index contributed by atoms with van der Waals surface area (Å²) in [6.45, 7) is 0. The van der Waals surface area contributed by atoms with Crippen LogP contribution in [-0.2, 0) is 0 Å². The molecular formula is C45H30N2S. The molecule has 48 heavy (non-hydrogen) atoms. The minimum absolute atomic E-state index is 1.01. The van der Waals surface area contributed by atoms with Gasteiger partial charge < -0.3 is 4.90 Å². The zero-order chi connectivity index (χ0) is 31.9. The van der Waals surface area contributed by atoms with Gasteiger partial charge in [-0.15, -0.1) is 11.3 Å². The Kier molecular flexibility index (Phi) is 7.03. The van der Waals surface area contributed by atoms with Gasteiger partial charge in [0.2, 0.25) is 0 Å². The lowest BCUT2D eigenvalue weighted by atomic mass is 9.99. The van der Waals surface area contributed by atoms with E-state index in [4.69, 9.17) is 4.98 Å². The monoisotopic (exact) mass is 630 g/mol. The van der Waals surface area contributed by atoms with Crippen molar-refractivity contribution in [3.8, 4) is 33.4 Å². The summed E-state index contributed by atoms with van der Waals surface area (Å²) in [6, 6.07) is 63.2. The molecule has 0 unspecified atom stereocenters. The van der Waals surface area contributed by atoms with Crippen LogP contribution in [0.5, 0.6) is 0 Å². The van der Waals surface area contributed by atoms with Crippen LogP contribution in [0.3, 0.4) is 0 Å². The van der Waals surface area contributed by atoms with Gasteiger partial charge in [-0.3, -0.25) is 4.98 Å². The number of hydrogen-bond acceptors (Lipinski definition) is 3. The molecule has 0 aliphatic carbocycles. The van der Waals surface area contributed by atoms with Crippen molar-refractivity contribution in [3.63, 3.8) is 0 Å². The van der Waals surface area contributed by atoms with E-state index in [1.54, 1.807) is 0 Å². The number of aromatic nitrogens is 1. The van der Waals surface area contributed by atoms with E-state index >= 15 is 0 Å². The number of benzene rings is 7. The maximum Gasteiger partial charge on any atom is 0.0709 e. The second-order valence-electron chi connectivity index (χ2n) is 12.0. The second kappa shape index (κ2) is 12.0. The van der Waals surface area contributed by atoms with Crippen LogP contribution < -0.4 is 4.90 Å². The standard InChI is InChI=1S/C45H30N2S/c1-3-11-31(12-4-1)32-20-22-33(23-21-32)34-24-26-37(27-25-34)47(41-17-8-7-16-38(41)35-13-5-2-6-14-35)42-18-9-19-43-45(42)39-30-40-36(15-10-28-46-40)29-44(39)48-43/h1-30H. The first-order valence-electron chi connectivity index (χ1n) is 16.2. The topological polar surface area (TPSA) is 16.1 Å². The largest absolute Gasteiger partial charge is 0.309 e. The van der Waals surface area contributed by atoms with E-state index in [-0.39, 0.29) is 0 Å². The minimum atomic E-state index is 1.01.